The van der Waals surface area contributed by atoms with E-state index in [4.69, 9.17) is 11.6 Å². The standard InChI is InChI=1S/C19H17ClF3N3OSi/c1-12-11-25(14-5-6-15(16(20)9-14)19(21,22)23)18(27)17-13(10-24-26(12)17)7-8-28(2,3)4/h5-6,9-10H,1,11H2,2-4H3. The second-order valence-electron chi connectivity index (χ2n) is 7.44. The van der Waals surface area contributed by atoms with Crippen LogP contribution in [0.1, 0.15) is 21.6 Å². The van der Waals surface area contributed by atoms with Gasteiger partial charge < -0.3 is 4.90 Å². The van der Waals surface area contributed by atoms with Gasteiger partial charge in [-0.15, -0.1) is 5.54 Å². The second-order valence-corrected chi connectivity index (χ2v) is 12.6. The summed E-state index contributed by atoms with van der Waals surface area (Å²) in [7, 11) is -1.68. The lowest BCUT2D eigenvalue weighted by molar-refractivity contribution is -0.137. The van der Waals surface area contributed by atoms with Crippen LogP contribution in [0.3, 0.4) is 0 Å². The van der Waals surface area contributed by atoms with Gasteiger partial charge in [0.1, 0.15) is 13.8 Å². The number of alkyl halides is 3. The van der Waals surface area contributed by atoms with E-state index >= 15 is 0 Å². The van der Waals surface area contributed by atoms with Crippen LogP contribution in [-0.2, 0) is 6.18 Å². The average Bonchev–Trinajstić information content (AvgIpc) is 2.99. The van der Waals surface area contributed by atoms with Gasteiger partial charge in [-0.25, -0.2) is 4.68 Å². The molecule has 1 aromatic heterocycles. The molecule has 9 heteroatoms. The summed E-state index contributed by atoms with van der Waals surface area (Å²) in [4.78, 5) is 14.4. The van der Waals surface area contributed by atoms with E-state index in [-0.39, 0.29) is 17.9 Å². The molecule has 0 atom stereocenters. The van der Waals surface area contributed by atoms with Crippen LogP contribution in [0.25, 0.3) is 5.70 Å². The molecule has 28 heavy (non-hydrogen) atoms. The molecular weight excluding hydrogens is 407 g/mol. The second kappa shape index (κ2) is 6.83. The molecule has 1 aromatic carbocycles. The molecule has 4 nitrogen and oxygen atoms in total. The van der Waals surface area contributed by atoms with Crippen LogP contribution in [-0.4, -0.2) is 30.3 Å². The summed E-state index contributed by atoms with van der Waals surface area (Å²) in [5, 5.41) is 3.72. The Morgan fingerprint density at radius 2 is 1.96 bits per heavy atom. The maximum absolute atomic E-state index is 13.1. The van der Waals surface area contributed by atoms with Gasteiger partial charge in [-0.2, -0.15) is 18.3 Å². The van der Waals surface area contributed by atoms with Gasteiger partial charge in [0.15, 0.2) is 0 Å². The first-order chi connectivity index (χ1) is 12.9. The highest BCUT2D eigenvalue weighted by atomic mass is 35.5. The molecule has 0 saturated carbocycles. The molecule has 0 saturated heterocycles. The molecule has 0 aliphatic carbocycles. The molecule has 0 radical (unpaired) electrons. The molecule has 0 spiro atoms. The Kier molecular flexibility index (Phi) is 4.94. The van der Waals surface area contributed by atoms with Crippen molar-refractivity contribution in [1.29, 1.82) is 0 Å². The minimum Gasteiger partial charge on any atom is -0.301 e. The zero-order chi connectivity index (χ0) is 20.9. The van der Waals surface area contributed by atoms with Crippen molar-refractivity contribution in [3.8, 4) is 11.5 Å². The Balaban J connectivity index is 2.03. The fourth-order valence-electron chi connectivity index (χ4n) is 2.70. The number of nitrogens with zero attached hydrogens (tertiary/aromatic N) is 3. The van der Waals surface area contributed by atoms with Crippen LogP contribution in [0.2, 0.25) is 24.7 Å². The van der Waals surface area contributed by atoms with E-state index < -0.39 is 30.7 Å². The maximum atomic E-state index is 13.1. The summed E-state index contributed by atoms with van der Waals surface area (Å²) < 4.78 is 40.3. The Hall–Kier alpha value is -2.50. The number of carbonyl (C=O) groups is 1. The summed E-state index contributed by atoms with van der Waals surface area (Å²) in [6.45, 7) is 10.2. The molecular formula is C19H17ClF3N3OSi. The van der Waals surface area contributed by atoms with Crippen molar-refractivity contribution >= 4 is 37.0 Å². The number of benzene rings is 1. The van der Waals surface area contributed by atoms with E-state index in [1.807, 2.05) is 0 Å². The predicted molar refractivity (Wildman–Crippen MR) is 106 cm³/mol. The first kappa shape index (κ1) is 20.2. The zero-order valence-electron chi connectivity index (χ0n) is 15.5. The van der Waals surface area contributed by atoms with Gasteiger partial charge >= 0.3 is 6.18 Å². The van der Waals surface area contributed by atoms with Crippen molar-refractivity contribution in [2.24, 2.45) is 0 Å². The van der Waals surface area contributed by atoms with Crippen LogP contribution in [0.15, 0.2) is 31.0 Å². The number of carbonyl (C=O) groups excluding carboxylic acids is 1. The maximum Gasteiger partial charge on any atom is 0.417 e. The van der Waals surface area contributed by atoms with Gasteiger partial charge in [0, 0.05) is 5.69 Å². The number of hydrogen-bond donors (Lipinski definition) is 0. The fraction of sp³-hybridized carbons (Fsp3) is 0.263. The third-order valence-electron chi connectivity index (χ3n) is 4.00. The van der Waals surface area contributed by atoms with Gasteiger partial charge in [0.05, 0.1) is 34.6 Å². The lowest BCUT2D eigenvalue weighted by Gasteiger charge is -2.29. The van der Waals surface area contributed by atoms with Gasteiger partial charge in [0.25, 0.3) is 5.91 Å². The predicted octanol–water partition coefficient (Wildman–Crippen LogP) is 4.92. The first-order valence-electron chi connectivity index (χ1n) is 8.36. The molecule has 0 bridgehead atoms. The molecule has 0 unspecified atom stereocenters. The monoisotopic (exact) mass is 423 g/mol. The number of rotatable bonds is 1. The normalized spacial score (nSPS) is 14.6. The van der Waals surface area contributed by atoms with Gasteiger partial charge in [-0.1, -0.05) is 43.7 Å². The number of aromatic nitrogens is 2. The fourth-order valence-corrected chi connectivity index (χ4v) is 3.49. The van der Waals surface area contributed by atoms with Gasteiger partial charge in [-0.3, -0.25) is 4.79 Å². The molecule has 3 rings (SSSR count). The Bertz CT molecular complexity index is 1040. The first-order valence-corrected chi connectivity index (χ1v) is 12.2. The molecule has 146 valence electrons. The van der Waals surface area contributed by atoms with Crippen molar-refractivity contribution in [2.45, 2.75) is 25.8 Å². The van der Waals surface area contributed by atoms with Gasteiger partial charge in [0.2, 0.25) is 0 Å². The van der Waals surface area contributed by atoms with Crippen molar-refractivity contribution in [2.75, 3.05) is 11.4 Å². The highest BCUT2D eigenvalue weighted by molar-refractivity contribution is 6.83. The highest BCUT2D eigenvalue weighted by Gasteiger charge is 2.35. The molecule has 1 aliphatic rings. The van der Waals surface area contributed by atoms with Gasteiger partial charge in [-0.05, 0) is 18.2 Å². The van der Waals surface area contributed by atoms with E-state index in [2.05, 4.69) is 42.8 Å². The molecule has 2 aromatic rings. The minimum absolute atomic E-state index is 0.0795. The lowest BCUT2D eigenvalue weighted by atomic mass is 10.1. The van der Waals surface area contributed by atoms with Crippen molar-refractivity contribution in [3.63, 3.8) is 0 Å². The number of halogens is 4. The topological polar surface area (TPSA) is 38.1 Å². The Morgan fingerprint density at radius 1 is 1.29 bits per heavy atom. The summed E-state index contributed by atoms with van der Waals surface area (Å²) >= 11 is 5.81. The van der Waals surface area contributed by atoms with E-state index in [1.54, 1.807) is 0 Å². The zero-order valence-corrected chi connectivity index (χ0v) is 17.2. The van der Waals surface area contributed by atoms with E-state index in [1.165, 1.54) is 21.8 Å². The van der Waals surface area contributed by atoms with E-state index in [9.17, 15) is 18.0 Å². The summed E-state index contributed by atoms with van der Waals surface area (Å²) in [6, 6.07) is 3.22. The molecule has 2 heterocycles. The summed E-state index contributed by atoms with van der Waals surface area (Å²) in [6.07, 6.45) is -3.06. The lowest BCUT2D eigenvalue weighted by Crippen LogP contribution is -2.40. The number of anilines is 1. The van der Waals surface area contributed by atoms with Crippen LogP contribution in [0.4, 0.5) is 18.9 Å². The van der Waals surface area contributed by atoms with E-state index in [0.29, 0.717) is 11.3 Å². The Labute approximate surface area is 166 Å². The molecule has 1 aliphatic heterocycles. The molecule has 0 fully saturated rings. The van der Waals surface area contributed by atoms with Crippen molar-refractivity contribution in [3.05, 3.63) is 52.8 Å². The van der Waals surface area contributed by atoms with Crippen LogP contribution in [0, 0.1) is 11.5 Å². The van der Waals surface area contributed by atoms with Crippen LogP contribution in [0.5, 0.6) is 0 Å². The largest absolute Gasteiger partial charge is 0.417 e. The third kappa shape index (κ3) is 3.86. The summed E-state index contributed by atoms with van der Waals surface area (Å²) in [5.41, 5.74) is 3.71. The summed E-state index contributed by atoms with van der Waals surface area (Å²) in [5.74, 6) is 2.60. The highest BCUT2D eigenvalue weighted by Crippen LogP contribution is 2.37. The molecule has 0 N–H and O–H groups in total. The van der Waals surface area contributed by atoms with E-state index in [0.717, 1.165) is 12.1 Å². The van der Waals surface area contributed by atoms with Crippen molar-refractivity contribution < 1.29 is 18.0 Å². The van der Waals surface area contributed by atoms with Crippen LogP contribution < -0.4 is 4.90 Å². The number of amides is 1. The minimum atomic E-state index is -4.57. The number of fused-ring (bicyclic) bond motifs is 1. The smallest absolute Gasteiger partial charge is 0.301 e. The van der Waals surface area contributed by atoms with Crippen LogP contribution >= 0.6 is 11.6 Å². The average molecular weight is 424 g/mol. The Morgan fingerprint density at radius 3 is 2.54 bits per heavy atom. The quantitative estimate of drug-likeness (QED) is 0.482. The third-order valence-corrected chi connectivity index (χ3v) is 5.19. The van der Waals surface area contributed by atoms with Crippen molar-refractivity contribution in [1.82, 2.24) is 9.78 Å². The molecule has 1 amide bonds. The SMILES string of the molecule is C=C1CN(c2ccc(C(F)(F)F)c(Cl)c2)C(=O)c2c(C#C[Si](C)(C)C)cnn21. The number of hydrogen-bond acceptors (Lipinski definition) is 2.